The lowest BCUT2D eigenvalue weighted by Crippen LogP contribution is -2.42. The van der Waals surface area contributed by atoms with Crippen molar-refractivity contribution in [2.45, 2.75) is 39.3 Å². The van der Waals surface area contributed by atoms with Crippen molar-refractivity contribution in [3.63, 3.8) is 0 Å². The number of amides is 1. The largest absolute Gasteiger partial charge is 0.339 e. The van der Waals surface area contributed by atoms with E-state index in [-0.39, 0.29) is 11.9 Å². The second-order valence-corrected chi connectivity index (χ2v) is 5.72. The van der Waals surface area contributed by atoms with Crippen molar-refractivity contribution in [3.05, 3.63) is 23.0 Å². The van der Waals surface area contributed by atoms with E-state index in [2.05, 4.69) is 19.2 Å². The van der Waals surface area contributed by atoms with E-state index in [1.807, 2.05) is 22.6 Å². The third-order valence-corrected chi connectivity index (χ3v) is 3.87. The highest BCUT2D eigenvalue weighted by molar-refractivity contribution is 6.31. The van der Waals surface area contributed by atoms with Gasteiger partial charge in [0.2, 0.25) is 0 Å². The van der Waals surface area contributed by atoms with Crippen LogP contribution >= 0.6 is 11.6 Å². The summed E-state index contributed by atoms with van der Waals surface area (Å²) in [5.41, 5.74) is 0.689. The summed E-state index contributed by atoms with van der Waals surface area (Å²) in [6.45, 7) is 8.74. The van der Waals surface area contributed by atoms with Gasteiger partial charge in [-0.3, -0.25) is 4.79 Å². The van der Waals surface area contributed by atoms with Crippen LogP contribution in [-0.2, 0) is 0 Å². The van der Waals surface area contributed by atoms with Gasteiger partial charge in [-0.25, -0.2) is 0 Å². The Hall–Kier alpha value is -1.00. The summed E-state index contributed by atoms with van der Waals surface area (Å²) in [6, 6.07) is 2.30. The van der Waals surface area contributed by atoms with Crippen LogP contribution in [0.3, 0.4) is 0 Å². The van der Waals surface area contributed by atoms with Crippen molar-refractivity contribution in [1.82, 2.24) is 14.8 Å². The molecule has 2 heterocycles. The molecule has 2 rings (SSSR count). The van der Waals surface area contributed by atoms with Gasteiger partial charge in [-0.05, 0) is 39.8 Å². The Kier molecular flexibility index (Phi) is 4.53. The molecule has 0 aromatic carbocycles. The van der Waals surface area contributed by atoms with Crippen LogP contribution < -0.4 is 5.32 Å². The summed E-state index contributed by atoms with van der Waals surface area (Å²) in [6.07, 6.45) is 2.86. The zero-order valence-corrected chi connectivity index (χ0v) is 12.6. The first-order valence-corrected chi connectivity index (χ1v) is 7.31. The number of nitrogens with one attached hydrogen (secondary N) is 1. The highest BCUT2D eigenvalue weighted by Crippen LogP contribution is 2.22. The molecular weight excluding hydrogens is 262 g/mol. The maximum atomic E-state index is 12.7. The fourth-order valence-corrected chi connectivity index (χ4v) is 2.87. The zero-order chi connectivity index (χ0) is 14.0. The Labute approximate surface area is 119 Å². The van der Waals surface area contributed by atoms with Crippen molar-refractivity contribution in [2.24, 2.45) is 0 Å². The number of carbonyl (C=O) groups excluding carboxylic acids is 1. The molecular formula is C14H22ClN3O. The van der Waals surface area contributed by atoms with Crippen molar-refractivity contribution < 1.29 is 4.79 Å². The fraction of sp³-hybridized carbons (Fsp3) is 0.643. The second-order valence-electron chi connectivity index (χ2n) is 5.28. The molecule has 1 atom stereocenters. The summed E-state index contributed by atoms with van der Waals surface area (Å²) in [7, 11) is 0. The smallest absolute Gasteiger partial charge is 0.270 e. The average molecular weight is 284 g/mol. The zero-order valence-electron chi connectivity index (χ0n) is 11.8. The van der Waals surface area contributed by atoms with Crippen LogP contribution in [0, 0.1) is 0 Å². The Morgan fingerprint density at radius 2 is 2.37 bits per heavy atom. The van der Waals surface area contributed by atoms with Crippen LogP contribution in [0.4, 0.5) is 0 Å². The van der Waals surface area contributed by atoms with Gasteiger partial charge in [0.05, 0.1) is 5.02 Å². The molecule has 19 heavy (non-hydrogen) atoms. The van der Waals surface area contributed by atoms with Gasteiger partial charge >= 0.3 is 0 Å². The normalized spacial score (nSPS) is 19.1. The van der Waals surface area contributed by atoms with Gasteiger partial charge < -0.3 is 14.8 Å². The summed E-state index contributed by atoms with van der Waals surface area (Å²) >= 11 is 6.06. The molecule has 0 radical (unpaired) electrons. The molecule has 1 aliphatic heterocycles. The number of likely N-dealkylation sites (N-methyl/N-ethyl adjacent to an activating group) is 1. The first-order chi connectivity index (χ1) is 9.04. The van der Waals surface area contributed by atoms with E-state index in [1.54, 1.807) is 6.07 Å². The molecule has 1 unspecified atom stereocenters. The third-order valence-electron chi connectivity index (χ3n) is 3.67. The number of aromatic nitrogens is 1. The number of nitrogens with zero attached hydrogens (tertiary/aromatic N) is 2. The molecule has 4 nitrogen and oxygen atoms in total. The Morgan fingerprint density at radius 1 is 1.63 bits per heavy atom. The number of halogens is 1. The molecule has 0 spiro atoms. The van der Waals surface area contributed by atoms with Crippen LogP contribution in [0.25, 0.3) is 0 Å². The minimum Gasteiger partial charge on any atom is -0.339 e. The van der Waals surface area contributed by atoms with Gasteiger partial charge in [0.1, 0.15) is 5.69 Å². The lowest BCUT2D eigenvalue weighted by molar-refractivity contribution is 0.0691. The Bertz CT molecular complexity index is 450. The van der Waals surface area contributed by atoms with Gasteiger partial charge in [-0.15, -0.1) is 0 Å². The van der Waals surface area contributed by atoms with Crippen LogP contribution in [0.2, 0.25) is 5.02 Å². The van der Waals surface area contributed by atoms with Crippen molar-refractivity contribution >= 4 is 17.5 Å². The van der Waals surface area contributed by atoms with Crippen LogP contribution in [-0.4, -0.2) is 41.1 Å². The number of hydrogen-bond donors (Lipinski definition) is 1. The minimum atomic E-state index is 0.0804. The van der Waals surface area contributed by atoms with E-state index >= 15 is 0 Å². The van der Waals surface area contributed by atoms with Gasteiger partial charge in [0, 0.05) is 31.4 Å². The quantitative estimate of drug-likeness (QED) is 0.922. The summed E-state index contributed by atoms with van der Waals surface area (Å²) in [5.74, 6) is 0.0804. The molecule has 1 aromatic heterocycles. The lowest BCUT2D eigenvalue weighted by Gasteiger charge is -2.28. The SMILES string of the molecule is CCN(C(=O)c1cc(Cl)cn1C(C)C)C1CCNC1. The van der Waals surface area contributed by atoms with E-state index in [0.717, 1.165) is 26.1 Å². The monoisotopic (exact) mass is 283 g/mol. The fourth-order valence-electron chi connectivity index (χ4n) is 2.66. The Balaban J connectivity index is 2.26. The van der Waals surface area contributed by atoms with Crippen LogP contribution in [0.15, 0.2) is 12.3 Å². The van der Waals surface area contributed by atoms with Crippen LogP contribution in [0.5, 0.6) is 0 Å². The number of carbonyl (C=O) groups is 1. The van der Waals surface area contributed by atoms with E-state index in [1.165, 1.54) is 0 Å². The van der Waals surface area contributed by atoms with Gasteiger partial charge in [-0.1, -0.05) is 11.6 Å². The molecule has 1 aromatic rings. The third kappa shape index (κ3) is 2.95. The summed E-state index contributed by atoms with van der Waals surface area (Å²) in [5, 5.41) is 3.93. The first kappa shape index (κ1) is 14.4. The number of hydrogen-bond acceptors (Lipinski definition) is 2. The van der Waals surface area contributed by atoms with Gasteiger partial charge in [0.15, 0.2) is 0 Å². The second kappa shape index (κ2) is 5.97. The molecule has 0 bridgehead atoms. The number of rotatable bonds is 4. The van der Waals surface area contributed by atoms with Crippen molar-refractivity contribution in [1.29, 1.82) is 0 Å². The predicted octanol–water partition coefficient (Wildman–Crippen LogP) is 2.55. The molecule has 1 saturated heterocycles. The van der Waals surface area contributed by atoms with E-state index in [9.17, 15) is 4.79 Å². The predicted molar refractivity (Wildman–Crippen MR) is 77.8 cm³/mol. The summed E-state index contributed by atoms with van der Waals surface area (Å²) in [4.78, 5) is 14.7. The first-order valence-electron chi connectivity index (χ1n) is 6.93. The molecule has 1 amide bonds. The minimum absolute atomic E-state index is 0.0804. The van der Waals surface area contributed by atoms with E-state index < -0.39 is 0 Å². The molecule has 1 fully saturated rings. The van der Waals surface area contributed by atoms with Crippen molar-refractivity contribution in [2.75, 3.05) is 19.6 Å². The Morgan fingerprint density at radius 3 is 2.89 bits per heavy atom. The standard InChI is InChI=1S/C14H22ClN3O/c1-4-17(12-5-6-16-8-12)14(19)13-7-11(15)9-18(13)10(2)3/h7,9-10,12,16H,4-6,8H2,1-3H3. The average Bonchev–Trinajstić information content (AvgIpc) is 2.99. The molecule has 106 valence electrons. The molecule has 1 N–H and O–H groups in total. The van der Waals surface area contributed by atoms with Gasteiger partial charge in [-0.2, -0.15) is 0 Å². The molecule has 0 saturated carbocycles. The highest BCUT2D eigenvalue weighted by atomic mass is 35.5. The molecule has 5 heteroatoms. The van der Waals surface area contributed by atoms with E-state index in [0.29, 0.717) is 16.8 Å². The lowest BCUT2D eigenvalue weighted by atomic mass is 10.2. The van der Waals surface area contributed by atoms with Crippen molar-refractivity contribution in [3.8, 4) is 0 Å². The molecule has 0 aliphatic carbocycles. The molecule has 1 aliphatic rings. The van der Waals surface area contributed by atoms with Crippen LogP contribution in [0.1, 0.15) is 43.7 Å². The van der Waals surface area contributed by atoms with Gasteiger partial charge in [0.25, 0.3) is 5.91 Å². The summed E-state index contributed by atoms with van der Waals surface area (Å²) < 4.78 is 1.95. The maximum absolute atomic E-state index is 12.7. The topological polar surface area (TPSA) is 37.3 Å². The highest BCUT2D eigenvalue weighted by Gasteiger charge is 2.28. The maximum Gasteiger partial charge on any atom is 0.270 e. The van der Waals surface area contributed by atoms with E-state index in [4.69, 9.17) is 11.6 Å².